The molecule has 11 heteroatoms. The van der Waals surface area contributed by atoms with Gasteiger partial charge in [0, 0.05) is 23.4 Å². The molecule has 0 aliphatic carbocycles. The molecule has 4 N–H and O–H groups in total. The van der Waals surface area contributed by atoms with Gasteiger partial charge >= 0.3 is 0 Å². The van der Waals surface area contributed by atoms with Gasteiger partial charge < -0.3 is 10.5 Å². The molecule has 0 bridgehead atoms. The van der Waals surface area contributed by atoms with E-state index in [1.807, 2.05) is 53.2 Å². The molecule has 0 spiro atoms. The summed E-state index contributed by atoms with van der Waals surface area (Å²) < 4.78 is 7.19. The lowest BCUT2D eigenvalue weighted by atomic mass is 10.1. The van der Waals surface area contributed by atoms with Crippen LogP contribution in [0.25, 0.3) is 22.5 Å². The number of benzene rings is 3. The van der Waals surface area contributed by atoms with Crippen LogP contribution in [0.15, 0.2) is 83.0 Å². The Morgan fingerprint density at radius 3 is 2.38 bits per heavy atom. The number of carbonyl (C=O) groups excluding carboxylic acids is 1. The fourth-order valence-electron chi connectivity index (χ4n) is 3.57. The molecule has 0 aliphatic heterocycles. The first-order valence-electron chi connectivity index (χ1n) is 11.0. The highest BCUT2D eigenvalue weighted by Gasteiger charge is 2.14. The van der Waals surface area contributed by atoms with Gasteiger partial charge in [0.05, 0.1) is 35.1 Å². The number of hydrogen-bond acceptors (Lipinski definition) is 6. The molecular weight excluding hydrogens is 513 g/mol. The number of rotatable bonds is 8. The molecule has 0 atom stereocenters. The van der Waals surface area contributed by atoms with Gasteiger partial charge in [0.2, 0.25) is 5.96 Å². The Labute approximate surface area is 223 Å². The van der Waals surface area contributed by atoms with E-state index in [0.717, 1.165) is 33.8 Å². The Kier molecular flexibility index (Phi) is 8.07. The van der Waals surface area contributed by atoms with Crippen molar-refractivity contribution >= 4 is 41.8 Å². The molecule has 4 aromatic rings. The van der Waals surface area contributed by atoms with Crippen LogP contribution in [0.4, 0.5) is 0 Å². The number of halogens is 2. The lowest BCUT2D eigenvalue weighted by Gasteiger charge is -2.10. The molecule has 0 radical (unpaired) electrons. The maximum atomic E-state index is 12.4. The van der Waals surface area contributed by atoms with Crippen molar-refractivity contribution in [3.8, 4) is 28.3 Å². The fraction of sp³-hybridized carbons (Fsp3) is 0.0769. The summed E-state index contributed by atoms with van der Waals surface area (Å²) in [6.07, 6.45) is 0. The van der Waals surface area contributed by atoms with Crippen LogP contribution in [0.3, 0.4) is 0 Å². The molecule has 3 aromatic carbocycles. The van der Waals surface area contributed by atoms with E-state index in [4.69, 9.17) is 38.8 Å². The summed E-state index contributed by atoms with van der Waals surface area (Å²) in [5.74, 6) is 0.228. The third kappa shape index (κ3) is 6.27. The van der Waals surface area contributed by atoms with E-state index in [9.17, 15) is 4.79 Å². The molecule has 9 nitrogen and oxygen atoms in total. The topological polar surface area (TPSA) is 119 Å². The van der Waals surface area contributed by atoms with Crippen LogP contribution in [0, 0.1) is 0 Å². The number of methoxy groups -OCH3 is 1. The second-order valence-electron chi connectivity index (χ2n) is 7.84. The number of nitrogens with one attached hydrogen (secondary N) is 2. The van der Waals surface area contributed by atoms with Crippen molar-refractivity contribution < 1.29 is 9.53 Å². The van der Waals surface area contributed by atoms with E-state index in [1.165, 1.54) is 0 Å². The van der Waals surface area contributed by atoms with Crippen molar-refractivity contribution in [2.75, 3.05) is 7.11 Å². The second kappa shape index (κ2) is 11.6. The lowest BCUT2D eigenvalue weighted by molar-refractivity contribution is 0.0976. The van der Waals surface area contributed by atoms with Crippen molar-refractivity contribution in [3.63, 3.8) is 0 Å². The van der Waals surface area contributed by atoms with E-state index in [1.54, 1.807) is 31.4 Å². The molecule has 0 saturated carbocycles. The Bertz CT molecular complexity index is 1450. The number of amides is 1. The molecule has 4 rings (SSSR count). The zero-order valence-electron chi connectivity index (χ0n) is 19.8. The van der Waals surface area contributed by atoms with Crippen LogP contribution in [0.1, 0.15) is 15.9 Å². The second-order valence-corrected chi connectivity index (χ2v) is 8.65. The Balaban J connectivity index is 1.63. The Morgan fingerprint density at radius 2 is 1.73 bits per heavy atom. The van der Waals surface area contributed by atoms with Gasteiger partial charge in [0.15, 0.2) is 0 Å². The number of ether oxygens (including phenoxy) is 1. The SMILES string of the molecule is C=NN/N=C(\N)NC(=O)c1ccc(Cn2nc(-c3ccc(Cl)c(Cl)c3)cc2-c2ccc(OC)cc2)cc1. The van der Waals surface area contributed by atoms with Crippen LogP contribution >= 0.6 is 23.2 Å². The van der Waals surface area contributed by atoms with Crippen LogP contribution in [0.5, 0.6) is 5.75 Å². The van der Waals surface area contributed by atoms with E-state index >= 15 is 0 Å². The molecule has 0 aliphatic rings. The minimum Gasteiger partial charge on any atom is -0.497 e. The predicted molar refractivity (Wildman–Crippen MR) is 147 cm³/mol. The molecule has 1 heterocycles. The van der Waals surface area contributed by atoms with E-state index in [2.05, 4.69) is 27.8 Å². The standard InChI is InChI=1S/C26H23Cl2N7O2/c1-30-34-32-26(29)31-25(36)18-5-3-16(4-6-18)15-35-24(17-7-10-20(37-2)11-8-17)14-23(33-35)19-9-12-21(27)22(28)13-19/h3-14,34H,1,15H2,2H3,(H3,29,31,32,36). The van der Waals surface area contributed by atoms with E-state index in [-0.39, 0.29) is 5.96 Å². The van der Waals surface area contributed by atoms with E-state index in [0.29, 0.717) is 22.2 Å². The molecule has 0 saturated heterocycles. The van der Waals surface area contributed by atoms with Gasteiger partial charge in [0.25, 0.3) is 5.91 Å². The van der Waals surface area contributed by atoms with Gasteiger partial charge in [-0.25, -0.2) is 0 Å². The van der Waals surface area contributed by atoms with Crippen LogP contribution in [-0.4, -0.2) is 35.5 Å². The highest BCUT2D eigenvalue weighted by molar-refractivity contribution is 6.42. The van der Waals surface area contributed by atoms with Gasteiger partial charge in [-0.05, 0) is 60.2 Å². The summed E-state index contributed by atoms with van der Waals surface area (Å²) in [5, 5.41) is 15.2. The van der Waals surface area contributed by atoms with Gasteiger partial charge in [-0.1, -0.05) is 41.4 Å². The molecule has 0 fully saturated rings. The number of hydrazone groups is 2. The van der Waals surface area contributed by atoms with Gasteiger partial charge in [-0.3, -0.25) is 14.8 Å². The monoisotopic (exact) mass is 535 g/mol. The summed E-state index contributed by atoms with van der Waals surface area (Å²) in [6, 6.07) is 22.3. The number of hydrogen-bond donors (Lipinski definition) is 3. The van der Waals surface area contributed by atoms with Crippen molar-refractivity contribution in [2.24, 2.45) is 15.9 Å². The van der Waals surface area contributed by atoms with Crippen molar-refractivity contribution in [2.45, 2.75) is 6.54 Å². The number of nitrogens with two attached hydrogens (primary N) is 1. The fourth-order valence-corrected chi connectivity index (χ4v) is 3.87. The van der Waals surface area contributed by atoms with Crippen molar-refractivity contribution in [3.05, 3.63) is 94.0 Å². The highest BCUT2D eigenvalue weighted by atomic mass is 35.5. The van der Waals surface area contributed by atoms with Crippen molar-refractivity contribution in [1.82, 2.24) is 20.6 Å². The van der Waals surface area contributed by atoms with Crippen LogP contribution in [0.2, 0.25) is 10.0 Å². The zero-order chi connectivity index (χ0) is 26.4. The normalized spacial score (nSPS) is 11.2. The lowest BCUT2D eigenvalue weighted by Crippen LogP contribution is -2.37. The molecule has 1 aromatic heterocycles. The maximum absolute atomic E-state index is 12.4. The molecule has 1 amide bonds. The number of guanidine groups is 1. The first-order chi connectivity index (χ1) is 17.9. The molecule has 0 unspecified atom stereocenters. The predicted octanol–water partition coefficient (Wildman–Crippen LogP) is 4.75. The number of aromatic nitrogens is 2. The van der Waals surface area contributed by atoms with Crippen LogP contribution < -0.4 is 21.3 Å². The third-order valence-electron chi connectivity index (χ3n) is 5.41. The largest absolute Gasteiger partial charge is 0.497 e. The summed E-state index contributed by atoms with van der Waals surface area (Å²) in [5.41, 5.74) is 12.7. The summed E-state index contributed by atoms with van der Waals surface area (Å²) >= 11 is 12.3. The average molecular weight is 536 g/mol. The minimum atomic E-state index is -0.404. The van der Waals surface area contributed by atoms with Gasteiger partial charge in [-0.2, -0.15) is 15.7 Å². The van der Waals surface area contributed by atoms with Gasteiger partial charge in [0.1, 0.15) is 5.75 Å². The maximum Gasteiger partial charge on any atom is 0.257 e. The number of carbonyl (C=O) groups is 1. The Hall–Kier alpha value is -4.34. The summed E-state index contributed by atoms with van der Waals surface area (Å²) in [7, 11) is 1.63. The first-order valence-corrected chi connectivity index (χ1v) is 11.8. The third-order valence-corrected chi connectivity index (χ3v) is 6.15. The zero-order valence-corrected chi connectivity index (χ0v) is 21.3. The minimum absolute atomic E-state index is 0.128. The quantitative estimate of drug-likeness (QED) is 0.171. The molecule has 37 heavy (non-hydrogen) atoms. The highest BCUT2D eigenvalue weighted by Crippen LogP contribution is 2.31. The van der Waals surface area contributed by atoms with Crippen molar-refractivity contribution in [1.29, 1.82) is 0 Å². The van der Waals surface area contributed by atoms with Crippen LogP contribution in [-0.2, 0) is 6.54 Å². The Morgan fingerprint density at radius 1 is 1.03 bits per heavy atom. The average Bonchev–Trinajstić information content (AvgIpc) is 3.33. The van der Waals surface area contributed by atoms with E-state index < -0.39 is 5.91 Å². The number of nitrogens with zero attached hydrogens (tertiary/aromatic N) is 4. The summed E-state index contributed by atoms with van der Waals surface area (Å²) in [4.78, 5) is 12.4. The molecule has 188 valence electrons. The smallest absolute Gasteiger partial charge is 0.257 e. The molecular formula is C26H23Cl2N7O2. The first kappa shape index (κ1) is 25.7. The van der Waals surface area contributed by atoms with Gasteiger partial charge in [-0.15, -0.1) is 5.10 Å². The summed E-state index contributed by atoms with van der Waals surface area (Å²) in [6.45, 7) is 3.67.